The maximum atomic E-state index is 2.35. The maximum absolute atomic E-state index is 2.35. The van der Waals surface area contributed by atoms with Gasteiger partial charge in [0.1, 0.15) is 0 Å². The number of anilines is 3. The van der Waals surface area contributed by atoms with Gasteiger partial charge < -0.3 is 4.90 Å². The van der Waals surface area contributed by atoms with Gasteiger partial charge in [-0.1, -0.05) is 71.9 Å². The molecule has 0 radical (unpaired) electrons. The largest absolute Gasteiger partial charge is 0.310 e. The van der Waals surface area contributed by atoms with Gasteiger partial charge >= 0.3 is 0 Å². The van der Waals surface area contributed by atoms with Crippen LogP contribution in [0.1, 0.15) is 63.8 Å². The van der Waals surface area contributed by atoms with E-state index in [2.05, 4.69) is 127 Å². The van der Waals surface area contributed by atoms with Gasteiger partial charge in [0, 0.05) is 17.1 Å². The zero-order valence-corrected chi connectivity index (χ0v) is 19.3. The first-order valence-electron chi connectivity index (χ1n) is 10.6. The predicted molar refractivity (Wildman–Crippen MR) is 128 cm³/mol. The molecule has 0 N–H and O–H groups in total. The van der Waals surface area contributed by atoms with Crippen LogP contribution in [0, 0.1) is 13.8 Å². The van der Waals surface area contributed by atoms with E-state index in [1.807, 2.05) is 0 Å². The van der Waals surface area contributed by atoms with E-state index in [9.17, 15) is 0 Å². The molecule has 1 nitrogen and oxygen atoms in total. The molecule has 0 bridgehead atoms. The Morgan fingerprint density at radius 1 is 0.483 bits per heavy atom. The molecule has 152 valence electrons. The monoisotopic (exact) mass is 385 g/mol. The highest BCUT2D eigenvalue weighted by atomic mass is 15.1. The smallest absolute Gasteiger partial charge is 0.0464 e. The highest BCUT2D eigenvalue weighted by Crippen LogP contribution is 2.37. The summed E-state index contributed by atoms with van der Waals surface area (Å²) in [6.07, 6.45) is 0. The lowest BCUT2D eigenvalue weighted by Gasteiger charge is -2.28. The minimum absolute atomic E-state index is 0.151. The van der Waals surface area contributed by atoms with Crippen LogP contribution in [0.15, 0.2) is 66.7 Å². The average Bonchev–Trinajstić information content (AvgIpc) is 2.64. The van der Waals surface area contributed by atoms with Gasteiger partial charge in [0.25, 0.3) is 0 Å². The first kappa shape index (κ1) is 21.2. The van der Waals surface area contributed by atoms with E-state index in [1.54, 1.807) is 0 Å². The molecule has 3 aromatic carbocycles. The van der Waals surface area contributed by atoms with Gasteiger partial charge in [0.05, 0.1) is 0 Å². The third-order valence-electron chi connectivity index (χ3n) is 5.73. The minimum atomic E-state index is 0.151. The predicted octanol–water partition coefficient (Wildman–Crippen LogP) is 8.37. The quantitative estimate of drug-likeness (QED) is 0.437. The van der Waals surface area contributed by atoms with E-state index in [1.165, 1.54) is 39.3 Å². The molecule has 0 amide bonds. The van der Waals surface area contributed by atoms with E-state index in [0.29, 0.717) is 0 Å². The molecule has 0 saturated heterocycles. The van der Waals surface area contributed by atoms with Crippen molar-refractivity contribution in [2.75, 3.05) is 4.90 Å². The van der Waals surface area contributed by atoms with Crippen molar-refractivity contribution in [2.24, 2.45) is 0 Å². The molecule has 0 heterocycles. The Morgan fingerprint density at radius 3 is 1.21 bits per heavy atom. The van der Waals surface area contributed by atoms with E-state index < -0.39 is 0 Å². The van der Waals surface area contributed by atoms with E-state index in [-0.39, 0.29) is 10.8 Å². The fraction of sp³-hybridized carbons (Fsp3) is 0.357. The molecule has 0 aliphatic rings. The molecule has 0 aromatic heterocycles. The summed E-state index contributed by atoms with van der Waals surface area (Å²) in [5, 5.41) is 0. The Labute approximate surface area is 177 Å². The van der Waals surface area contributed by atoms with Crippen molar-refractivity contribution in [3.05, 3.63) is 89.0 Å². The van der Waals surface area contributed by atoms with Crippen LogP contribution in [0.2, 0.25) is 0 Å². The lowest BCUT2D eigenvalue weighted by Crippen LogP contribution is -2.14. The van der Waals surface area contributed by atoms with Crippen molar-refractivity contribution in [2.45, 2.75) is 66.2 Å². The molecule has 0 spiro atoms. The summed E-state index contributed by atoms with van der Waals surface area (Å²) >= 11 is 0. The van der Waals surface area contributed by atoms with Gasteiger partial charge in [0.2, 0.25) is 0 Å². The van der Waals surface area contributed by atoms with Crippen LogP contribution >= 0.6 is 0 Å². The average molecular weight is 386 g/mol. The molecule has 3 aromatic rings. The Hall–Kier alpha value is -2.54. The lowest BCUT2D eigenvalue weighted by molar-refractivity contribution is 0.590. The van der Waals surface area contributed by atoms with Gasteiger partial charge in [-0.2, -0.15) is 0 Å². The summed E-state index contributed by atoms with van der Waals surface area (Å²) in [6, 6.07) is 24.7. The zero-order valence-electron chi connectivity index (χ0n) is 19.3. The fourth-order valence-corrected chi connectivity index (χ4v) is 3.53. The van der Waals surface area contributed by atoms with Crippen molar-refractivity contribution < 1.29 is 0 Å². The van der Waals surface area contributed by atoms with Gasteiger partial charge in [0.15, 0.2) is 0 Å². The van der Waals surface area contributed by atoms with Crippen LogP contribution in [-0.2, 0) is 10.8 Å². The minimum Gasteiger partial charge on any atom is -0.310 e. The topological polar surface area (TPSA) is 3.24 Å². The zero-order chi connectivity index (χ0) is 21.4. The SMILES string of the molecule is Cc1ccc(N(c2ccc(C(C)(C)C)cc2)c2ccc(C(C)(C)C)cc2)cc1C. The van der Waals surface area contributed by atoms with E-state index in [4.69, 9.17) is 0 Å². The van der Waals surface area contributed by atoms with Crippen LogP contribution in [0.5, 0.6) is 0 Å². The van der Waals surface area contributed by atoms with Crippen LogP contribution in [0.3, 0.4) is 0 Å². The first-order valence-corrected chi connectivity index (χ1v) is 10.6. The summed E-state index contributed by atoms with van der Waals surface area (Å²) in [7, 11) is 0. The molecule has 0 aliphatic carbocycles. The Kier molecular flexibility index (Phi) is 5.63. The Morgan fingerprint density at radius 2 is 0.862 bits per heavy atom. The first-order chi connectivity index (χ1) is 13.5. The van der Waals surface area contributed by atoms with Gasteiger partial charge in [-0.3, -0.25) is 0 Å². The van der Waals surface area contributed by atoms with E-state index in [0.717, 1.165) is 0 Å². The number of aryl methyl sites for hydroxylation is 2. The van der Waals surface area contributed by atoms with Crippen molar-refractivity contribution >= 4 is 17.1 Å². The lowest BCUT2D eigenvalue weighted by atomic mass is 9.86. The standard InChI is InChI=1S/C28H35N/c1-20-9-14-26(19-21(20)2)29(24-15-10-22(11-16-24)27(3,4)5)25-17-12-23(13-18-25)28(6,7)8/h9-19H,1-8H3. The number of hydrogen-bond donors (Lipinski definition) is 0. The number of nitrogens with zero attached hydrogens (tertiary/aromatic N) is 1. The molecule has 1 heteroatoms. The molecular weight excluding hydrogens is 350 g/mol. The normalized spacial score (nSPS) is 12.1. The number of rotatable bonds is 3. The summed E-state index contributed by atoms with van der Waals surface area (Å²) in [6.45, 7) is 17.9. The fourth-order valence-electron chi connectivity index (χ4n) is 3.53. The van der Waals surface area contributed by atoms with Crippen molar-refractivity contribution in [1.29, 1.82) is 0 Å². The molecule has 0 fully saturated rings. The summed E-state index contributed by atoms with van der Waals surface area (Å²) < 4.78 is 0. The molecule has 29 heavy (non-hydrogen) atoms. The second-order valence-electron chi connectivity index (χ2n) is 10.2. The Bertz CT molecular complexity index is 907. The van der Waals surface area contributed by atoms with E-state index >= 15 is 0 Å². The molecule has 0 aliphatic heterocycles. The highest BCUT2D eigenvalue weighted by molar-refractivity contribution is 5.77. The Balaban J connectivity index is 2.10. The summed E-state index contributed by atoms with van der Waals surface area (Å²) in [5.41, 5.74) is 9.20. The van der Waals surface area contributed by atoms with Gasteiger partial charge in [-0.25, -0.2) is 0 Å². The summed E-state index contributed by atoms with van der Waals surface area (Å²) in [4.78, 5) is 2.35. The molecule has 0 saturated carbocycles. The third-order valence-corrected chi connectivity index (χ3v) is 5.73. The van der Waals surface area contributed by atoms with Gasteiger partial charge in [-0.15, -0.1) is 0 Å². The highest BCUT2D eigenvalue weighted by Gasteiger charge is 2.18. The number of benzene rings is 3. The maximum Gasteiger partial charge on any atom is 0.0464 e. The van der Waals surface area contributed by atoms with Crippen LogP contribution in [0.25, 0.3) is 0 Å². The summed E-state index contributed by atoms with van der Waals surface area (Å²) in [5.74, 6) is 0. The van der Waals surface area contributed by atoms with Crippen LogP contribution in [-0.4, -0.2) is 0 Å². The van der Waals surface area contributed by atoms with Crippen molar-refractivity contribution in [3.63, 3.8) is 0 Å². The second-order valence-corrected chi connectivity index (χ2v) is 10.2. The number of hydrogen-bond acceptors (Lipinski definition) is 1. The van der Waals surface area contributed by atoms with Crippen molar-refractivity contribution in [3.8, 4) is 0 Å². The molecule has 3 rings (SSSR count). The molecular formula is C28H35N. The molecule has 0 atom stereocenters. The molecule has 0 unspecified atom stereocenters. The second kappa shape index (κ2) is 7.71. The third kappa shape index (κ3) is 4.72. The van der Waals surface area contributed by atoms with Crippen LogP contribution < -0.4 is 4.90 Å². The van der Waals surface area contributed by atoms with Gasteiger partial charge in [-0.05, 0) is 83.3 Å². The van der Waals surface area contributed by atoms with Crippen molar-refractivity contribution in [1.82, 2.24) is 0 Å². The van der Waals surface area contributed by atoms with Crippen LogP contribution in [0.4, 0.5) is 17.1 Å².